The summed E-state index contributed by atoms with van der Waals surface area (Å²) in [4.78, 5) is 22.5. The Hall–Kier alpha value is -2.57. The van der Waals surface area contributed by atoms with Crippen LogP contribution >= 0.6 is 0 Å². The van der Waals surface area contributed by atoms with Crippen molar-refractivity contribution in [1.29, 1.82) is 0 Å². The normalized spacial score (nSPS) is 14.7. The molecule has 3 heterocycles. The number of aromatic nitrogens is 2. The first-order valence-corrected chi connectivity index (χ1v) is 8.99. The van der Waals surface area contributed by atoms with E-state index in [0.29, 0.717) is 12.1 Å². The molecule has 0 amide bonds. The molecule has 4 rings (SSSR count). The van der Waals surface area contributed by atoms with Crippen molar-refractivity contribution < 1.29 is 9.53 Å². The van der Waals surface area contributed by atoms with Gasteiger partial charge in [-0.25, -0.2) is 4.98 Å². The zero-order valence-corrected chi connectivity index (χ0v) is 14.6. The maximum Gasteiger partial charge on any atom is 0.150 e. The first-order chi connectivity index (χ1) is 12.8. The first-order valence-electron chi connectivity index (χ1n) is 8.99. The van der Waals surface area contributed by atoms with Crippen LogP contribution in [0.15, 0.2) is 36.7 Å². The van der Waals surface area contributed by atoms with Gasteiger partial charge in [0.05, 0.1) is 11.6 Å². The molecule has 0 atom stereocenters. The molecular formula is C20H22N4O2. The van der Waals surface area contributed by atoms with E-state index in [1.807, 2.05) is 30.5 Å². The number of benzene rings is 1. The van der Waals surface area contributed by atoms with E-state index in [4.69, 9.17) is 15.5 Å². The third-order valence-corrected chi connectivity index (χ3v) is 4.84. The number of rotatable bonds is 7. The van der Waals surface area contributed by atoms with E-state index in [-0.39, 0.29) is 6.10 Å². The fraction of sp³-hybridized carbons (Fsp3) is 0.350. The number of nitrogens with two attached hydrogens (primary N) is 1. The average Bonchev–Trinajstić information content (AvgIpc) is 2.65. The van der Waals surface area contributed by atoms with Gasteiger partial charge in [-0.3, -0.25) is 9.78 Å². The number of aldehydes is 1. The second kappa shape index (κ2) is 7.35. The van der Waals surface area contributed by atoms with Gasteiger partial charge in [0.1, 0.15) is 12.1 Å². The number of pyridine rings is 2. The minimum atomic E-state index is 0.239. The quantitative estimate of drug-likeness (QED) is 0.401. The van der Waals surface area contributed by atoms with E-state index < -0.39 is 0 Å². The van der Waals surface area contributed by atoms with E-state index in [2.05, 4.69) is 9.88 Å². The average molecular weight is 350 g/mol. The van der Waals surface area contributed by atoms with Crippen molar-refractivity contribution >= 4 is 33.8 Å². The molecule has 134 valence electrons. The molecule has 2 aromatic heterocycles. The molecule has 0 bridgehead atoms. The van der Waals surface area contributed by atoms with Crippen molar-refractivity contribution in [2.75, 3.05) is 31.1 Å². The topological polar surface area (TPSA) is 81.3 Å². The van der Waals surface area contributed by atoms with Crippen LogP contribution in [0.4, 0.5) is 5.82 Å². The fourth-order valence-corrected chi connectivity index (χ4v) is 3.37. The Balaban J connectivity index is 1.61. The van der Waals surface area contributed by atoms with E-state index in [9.17, 15) is 4.79 Å². The number of anilines is 1. The molecule has 1 saturated heterocycles. The van der Waals surface area contributed by atoms with Crippen molar-refractivity contribution in [1.82, 2.24) is 9.97 Å². The van der Waals surface area contributed by atoms with Gasteiger partial charge in [-0.15, -0.1) is 0 Å². The van der Waals surface area contributed by atoms with E-state index in [1.54, 1.807) is 6.20 Å². The van der Waals surface area contributed by atoms with Crippen molar-refractivity contribution in [2.45, 2.75) is 18.9 Å². The van der Waals surface area contributed by atoms with Crippen molar-refractivity contribution in [3.05, 3.63) is 42.2 Å². The SMILES string of the molecule is NCCCCOC1CN(c2nc3cc(C=O)ccc3c3cnccc23)C1. The van der Waals surface area contributed by atoms with E-state index in [1.165, 1.54) is 0 Å². The van der Waals surface area contributed by atoms with E-state index >= 15 is 0 Å². The molecule has 6 nitrogen and oxygen atoms in total. The van der Waals surface area contributed by atoms with Crippen LogP contribution in [0.2, 0.25) is 0 Å². The zero-order valence-electron chi connectivity index (χ0n) is 14.6. The lowest BCUT2D eigenvalue weighted by Crippen LogP contribution is -2.52. The number of ether oxygens (including phenoxy) is 1. The number of nitrogens with zero attached hydrogens (tertiary/aromatic N) is 3. The highest BCUT2D eigenvalue weighted by molar-refractivity contribution is 6.10. The minimum absolute atomic E-state index is 0.239. The van der Waals surface area contributed by atoms with Gasteiger partial charge >= 0.3 is 0 Å². The highest BCUT2D eigenvalue weighted by Crippen LogP contribution is 2.33. The summed E-state index contributed by atoms with van der Waals surface area (Å²) in [6, 6.07) is 7.59. The van der Waals surface area contributed by atoms with Crippen LogP contribution in [-0.4, -0.2) is 48.6 Å². The van der Waals surface area contributed by atoms with Gasteiger partial charge in [0.25, 0.3) is 0 Å². The Morgan fingerprint density at radius 3 is 2.88 bits per heavy atom. The maximum absolute atomic E-state index is 11.1. The van der Waals surface area contributed by atoms with Crippen LogP contribution in [-0.2, 0) is 4.74 Å². The van der Waals surface area contributed by atoms with Gasteiger partial charge in [-0.2, -0.15) is 0 Å². The summed E-state index contributed by atoms with van der Waals surface area (Å²) < 4.78 is 5.88. The number of hydrogen-bond acceptors (Lipinski definition) is 6. The standard InChI is InChI=1S/C20H22N4O2/c21-6-1-2-8-26-15-11-24(12-15)20-17-5-7-22-10-18(17)16-4-3-14(13-25)9-19(16)23-20/h3-5,7,9-10,13,15H,1-2,6,8,11-12,21H2. The molecular weight excluding hydrogens is 328 g/mol. The lowest BCUT2D eigenvalue weighted by Gasteiger charge is -2.40. The number of fused-ring (bicyclic) bond motifs is 3. The highest BCUT2D eigenvalue weighted by atomic mass is 16.5. The summed E-state index contributed by atoms with van der Waals surface area (Å²) in [5, 5.41) is 3.14. The predicted octanol–water partition coefficient (Wildman–Crippen LogP) is 2.54. The van der Waals surface area contributed by atoms with Crippen molar-refractivity contribution in [3.8, 4) is 0 Å². The molecule has 2 N–H and O–H groups in total. The molecule has 3 aromatic rings. The Morgan fingerprint density at radius 1 is 1.19 bits per heavy atom. The second-order valence-electron chi connectivity index (χ2n) is 6.64. The van der Waals surface area contributed by atoms with E-state index in [0.717, 1.165) is 66.3 Å². The second-order valence-corrected chi connectivity index (χ2v) is 6.64. The minimum Gasteiger partial charge on any atom is -0.375 e. The van der Waals surface area contributed by atoms with Crippen LogP contribution < -0.4 is 10.6 Å². The lowest BCUT2D eigenvalue weighted by molar-refractivity contribution is 0.0323. The summed E-state index contributed by atoms with van der Waals surface area (Å²) in [6.07, 6.45) is 6.75. The first kappa shape index (κ1) is 16.9. The molecule has 0 spiro atoms. The Kier molecular flexibility index (Phi) is 4.77. The van der Waals surface area contributed by atoms with Crippen LogP contribution in [0, 0.1) is 0 Å². The number of unbranched alkanes of at least 4 members (excludes halogenated alkanes) is 1. The molecule has 0 unspecified atom stereocenters. The molecule has 1 aliphatic rings. The van der Waals surface area contributed by atoms with Crippen LogP contribution in [0.1, 0.15) is 23.2 Å². The summed E-state index contributed by atoms with van der Waals surface area (Å²) in [7, 11) is 0. The largest absolute Gasteiger partial charge is 0.375 e. The molecule has 6 heteroatoms. The molecule has 1 aromatic carbocycles. The van der Waals surface area contributed by atoms with Gasteiger partial charge < -0.3 is 15.4 Å². The summed E-state index contributed by atoms with van der Waals surface area (Å²) in [6.45, 7) is 3.12. The lowest BCUT2D eigenvalue weighted by atomic mass is 10.0. The van der Waals surface area contributed by atoms with Crippen molar-refractivity contribution in [2.24, 2.45) is 5.73 Å². The zero-order chi connectivity index (χ0) is 17.9. The molecule has 0 radical (unpaired) electrons. The Morgan fingerprint density at radius 2 is 2.08 bits per heavy atom. The Bertz CT molecular complexity index is 938. The van der Waals surface area contributed by atoms with Gasteiger partial charge in [-0.1, -0.05) is 12.1 Å². The summed E-state index contributed by atoms with van der Waals surface area (Å²) >= 11 is 0. The summed E-state index contributed by atoms with van der Waals surface area (Å²) in [5.41, 5.74) is 6.96. The fourth-order valence-electron chi connectivity index (χ4n) is 3.37. The molecule has 1 aliphatic heterocycles. The monoisotopic (exact) mass is 350 g/mol. The van der Waals surface area contributed by atoms with Gasteiger partial charge in [0.15, 0.2) is 0 Å². The predicted molar refractivity (Wildman–Crippen MR) is 103 cm³/mol. The highest BCUT2D eigenvalue weighted by Gasteiger charge is 2.30. The Labute approximate surface area is 152 Å². The van der Waals surface area contributed by atoms with Crippen LogP contribution in [0.25, 0.3) is 21.7 Å². The van der Waals surface area contributed by atoms with Gasteiger partial charge in [-0.05, 0) is 31.5 Å². The molecule has 0 aliphatic carbocycles. The van der Waals surface area contributed by atoms with Gasteiger partial charge in [0.2, 0.25) is 0 Å². The van der Waals surface area contributed by atoms with Gasteiger partial charge in [0, 0.05) is 53.8 Å². The smallest absolute Gasteiger partial charge is 0.150 e. The number of hydrogen-bond donors (Lipinski definition) is 1. The number of carbonyl (C=O) groups excluding carboxylic acids is 1. The molecule has 0 saturated carbocycles. The van der Waals surface area contributed by atoms with Crippen LogP contribution in [0.5, 0.6) is 0 Å². The molecule has 1 fully saturated rings. The third kappa shape index (κ3) is 3.13. The van der Waals surface area contributed by atoms with Crippen LogP contribution in [0.3, 0.4) is 0 Å². The summed E-state index contributed by atoms with van der Waals surface area (Å²) in [5.74, 6) is 0.930. The van der Waals surface area contributed by atoms with Crippen molar-refractivity contribution in [3.63, 3.8) is 0 Å². The number of carbonyl (C=O) groups is 1. The maximum atomic E-state index is 11.1. The molecule has 26 heavy (non-hydrogen) atoms. The third-order valence-electron chi connectivity index (χ3n) is 4.84.